The van der Waals surface area contributed by atoms with Crippen LogP contribution in [-0.2, 0) is 11.2 Å². The molecule has 2 aliphatic carbocycles. The van der Waals surface area contributed by atoms with Crippen molar-refractivity contribution in [1.29, 1.82) is 0 Å². The summed E-state index contributed by atoms with van der Waals surface area (Å²) in [6.45, 7) is 2.21. The number of aromatic nitrogens is 1. The second-order valence-corrected chi connectivity index (χ2v) is 14.8. The van der Waals surface area contributed by atoms with E-state index >= 15 is 0 Å². The Kier molecular flexibility index (Phi) is 14.0. The van der Waals surface area contributed by atoms with E-state index in [1.165, 1.54) is 38.5 Å². The highest BCUT2D eigenvalue weighted by atomic mass is 16.4. The largest absolute Gasteiger partial charge is 0.508 e. The maximum absolute atomic E-state index is 12.2. The molecular formula is C39H61NO6. The standard InChI is InChI=1S/C39H61NO6/c1-2-3-4-5-8-15-31(41)16-9-6-7-10-18-33(37(44)45)35(43)21-24-39(46)26-25-38(22-11-12-23-38)36(39)28-30-19-20-34(40-30)29-14-13-17-32(42)27-29/h13-14,17,19-20,27,31,33,35-36,40-43,46H,2-12,15-16,18,21-26,28H2,1H3,(H,44,45)/t31-,33-,35+,36-,39-/m0/s1. The molecule has 5 atom stereocenters. The lowest BCUT2D eigenvalue weighted by Gasteiger charge is -2.39. The first-order valence-corrected chi connectivity index (χ1v) is 18.4. The lowest BCUT2D eigenvalue weighted by molar-refractivity contribution is -0.147. The number of unbranched alkanes of at least 4 members (excludes halogenated alkanes) is 7. The van der Waals surface area contributed by atoms with Gasteiger partial charge in [0.1, 0.15) is 5.75 Å². The van der Waals surface area contributed by atoms with E-state index in [-0.39, 0.29) is 29.6 Å². The number of hydrogen-bond acceptors (Lipinski definition) is 5. The zero-order chi connectivity index (χ0) is 33.0. The fraction of sp³-hybridized carbons (Fsp3) is 0.718. The predicted molar refractivity (Wildman–Crippen MR) is 184 cm³/mol. The number of aliphatic carboxylic acids is 1. The van der Waals surface area contributed by atoms with Gasteiger partial charge in [-0.25, -0.2) is 0 Å². The molecule has 46 heavy (non-hydrogen) atoms. The van der Waals surface area contributed by atoms with Crippen molar-refractivity contribution in [3.05, 3.63) is 42.1 Å². The van der Waals surface area contributed by atoms with Gasteiger partial charge in [0, 0.05) is 17.0 Å². The summed E-state index contributed by atoms with van der Waals surface area (Å²) in [5, 5.41) is 53.4. The molecule has 2 aromatic rings. The van der Waals surface area contributed by atoms with Gasteiger partial charge in [-0.1, -0.05) is 89.7 Å². The minimum absolute atomic E-state index is 0.0420. The lowest BCUT2D eigenvalue weighted by atomic mass is 9.69. The topological polar surface area (TPSA) is 134 Å². The molecule has 0 aliphatic heterocycles. The molecule has 1 aromatic carbocycles. The molecule has 7 heteroatoms. The van der Waals surface area contributed by atoms with Gasteiger partial charge in [-0.15, -0.1) is 0 Å². The van der Waals surface area contributed by atoms with Crippen molar-refractivity contribution in [2.24, 2.45) is 17.3 Å². The van der Waals surface area contributed by atoms with E-state index in [4.69, 9.17) is 0 Å². The molecular weight excluding hydrogens is 578 g/mol. The number of carbonyl (C=O) groups is 1. The van der Waals surface area contributed by atoms with Gasteiger partial charge in [-0.05, 0) is 99.8 Å². The number of aromatic amines is 1. The first kappa shape index (κ1) is 36.5. The van der Waals surface area contributed by atoms with E-state index in [0.717, 1.165) is 81.2 Å². The van der Waals surface area contributed by atoms with Crippen molar-refractivity contribution in [2.45, 2.75) is 160 Å². The summed E-state index contributed by atoms with van der Waals surface area (Å²) in [6, 6.07) is 11.3. The Morgan fingerprint density at radius 2 is 1.54 bits per heavy atom. The molecule has 258 valence electrons. The molecule has 1 aromatic heterocycles. The number of phenolic OH excluding ortho intramolecular Hbond substituents is 1. The van der Waals surface area contributed by atoms with Crippen molar-refractivity contribution in [1.82, 2.24) is 4.98 Å². The molecule has 1 heterocycles. The van der Waals surface area contributed by atoms with Crippen LogP contribution in [0.5, 0.6) is 5.75 Å². The van der Waals surface area contributed by atoms with Crippen LogP contribution in [0.4, 0.5) is 0 Å². The Morgan fingerprint density at radius 1 is 0.870 bits per heavy atom. The second kappa shape index (κ2) is 17.7. The summed E-state index contributed by atoms with van der Waals surface area (Å²) in [6.07, 6.45) is 18.1. The number of aliphatic hydroxyl groups excluding tert-OH is 2. The molecule has 1 spiro atoms. The summed E-state index contributed by atoms with van der Waals surface area (Å²) < 4.78 is 0. The first-order valence-electron chi connectivity index (χ1n) is 18.4. The lowest BCUT2D eigenvalue weighted by Crippen LogP contribution is -2.42. The summed E-state index contributed by atoms with van der Waals surface area (Å²) >= 11 is 0. The highest BCUT2D eigenvalue weighted by Crippen LogP contribution is 2.60. The van der Waals surface area contributed by atoms with E-state index in [0.29, 0.717) is 25.7 Å². The third kappa shape index (κ3) is 10.1. The second-order valence-electron chi connectivity index (χ2n) is 14.8. The number of hydrogen-bond donors (Lipinski definition) is 6. The highest BCUT2D eigenvalue weighted by Gasteiger charge is 2.56. The van der Waals surface area contributed by atoms with Crippen molar-refractivity contribution >= 4 is 5.97 Å². The molecule has 0 bridgehead atoms. The van der Waals surface area contributed by atoms with Crippen LogP contribution in [0.2, 0.25) is 0 Å². The molecule has 2 aliphatic rings. The molecule has 0 radical (unpaired) electrons. The van der Waals surface area contributed by atoms with Crippen molar-refractivity contribution in [3.8, 4) is 17.0 Å². The van der Waals surface area contributed by atoms with Gasteiger partial charge < -0.3 is 30.5 Å². The monoisotopic (exact) mass is 639 g/mol. The summed E-state index contributed by atoms with van der Waals surface area (Å²) in [5.41, 5.74) is 2.05. The van der Waals surface area contributed by atoms with Crippen LogP contribution < -0.4 is 0 Å². The fourth-order valence-corrected chi connectivity index (χ4v) is 8.69. The van der Waals surface area contributed by atoms with Gasteiger partial charge in [0.05, 0.1) is 23.7 Å². The van der Waals surface area contributed by atoms with Gasteiger partial charge in [0.25, 0.3) is 0 Å². The molecule has 0 amide bonds. The van der Waals surface area contributed by atoms with Gasteiger partial charge in [-0.2, -0.15) is 0 Å². The van der Waals surface area contributed by atoms with Gasteiger partial charge in [-0.3, -0.25) is 4.79 Å². The van der Waals surface area contributed by atoms with Crippen LogP contribution in [-0.4, -0.2) is 54.3 Å². The van der Waals surface area contributed by atoms with Crippen LogP contribution in [0.25, 0.3) is 11.3 Å². The van der Waals surface area contributed by atoms with E-state index in [9.17, 15) is 30.3 Å². The summed E-state index contributed by atoms with van der Waals surface area (Å²) in [4.78, 5) is 15.7. The fourth-order valence-electron chi connectivity index (χ4n) is 8.69. The van der Waals surface area contributed by atoms with Crippen LogP contribution in [0, 0.1) is 17.3 Å². The van der Waals surface area contributed by atoms with Gasteiger partial charge in [0.2, 0.25) is 0 Å². The zero-order valence-corrected chi connectivity index (χ0v) is 28.3. The van der Waals surface area contributed by atoms with Crippen LogP contribution in [0.1, 0.15) is 141 Å². The molecule has 4 rings (SSSR count). The molecule has 0 saturated heterocycles. The van der Waals surface area contributed by atoms with E-state index < -0.39 is 23.6 Å². The van der Waals surface area contributed by atoms with E-state index in [1.54, 1.807) is 12.1 Å². The Morgan fingerprint density at radius 3 is 2.20 bits per heavy atom. The predicted octanol–water partition coefficient (Wildman–Crippen LogP) is 8.54. The number of benzene rings is 1. The van der Waals surface area contributed by atoms with Crippen molar-refractivity contribution < 1.29 is 30.3 Å². The number of aromatic hydroxyl groups is 1. The van der Waals surface area contributed by atoms with Crippen LogP contribution in [0.15, 0.2) is 36.4 Å². The Bertz CT molecular complexity index is 1190. The molecule has 7 nitrogen and oxygen atoms in total. The number of phenols is 1. The number of H-pyrrole nitrogens is 1. The number of carboxylic acid groups (broad SMARTS) is 1. The minimum Gasteiger partial charge on any atom is -0.508 e. The zero-order valence-electron chi connectivity index (χ0n) is 28.3. The summed E-state index contributed by atoms with van der Waals surface area (Å²) in [7, 11) is 0. The third-order valence-corrected chi connectivity index (χ3v) is 11.5. The summed E-state index contributed by atoms with van der Waals surface area (Å²) in [5.74, 6) is -1.52. The third-order valence-electron chi connectivity index (χ3n) is 11.5. The number of rotatable bonds is 21. The number of nitrogens with one attached hydrogen (secondary N) is 1. The van der Waals surface area contributed by atoms with E-state index in [1.807, 2.05) is 18.2 Å². The van der Waals surface area contributed by atoms with Gasteiger partial charge in [0.15, 0.2) is 0 Å². The highest BCUT2D eigenvalue weighted by molar-refractivity contribution is 5.70. The van der Waals surface area contributed by atoms with Crippen molar-refractivity contribution in [3.63, 3.8) is 0 Å². The Balaban J connectivity index is 1.26. The van der Waals surface area contributed by atoms with E-state index in [2.05, 4.69) is 18.0 Å². The molecule has 0 unspecified atom stereocenters. The van der Waals surface area contributed by atoms with Crippen LogP contribution in [0.3, 0.4) is 0 Å². The quantitative estimate of drug-likeness (QED) is 0.0758. The maximum atomic E-state index is 12.2. The average Bonchev–Trinajstić information content (AvgIpc) is 3.77. The van der Waals surface area contributed by atoms with Crippen molar-refractivity contribution in [2.75, 3.05) is 0 Å². The normalized spacial score (nSPS) is 22.7. The maximum Gasteiger partial charge on any atom is 0.309 e. The Hall–Kier alpha value is -2.35. The smallest absolute Gasteiger partial charge is 0.309 e. The molecule has 2 fully saturated rings. The number of aliphatic hydroxyl groups is 3. The van der Waals surface area contributed by atoms with Crippen LogP contribution >= 0.6 is 0 Å². The molecule has 2 saturated carbocycles. The average molecular weight is 640 g/mol. The SMILES string of the molecule is CCCCCCC[C@H](O)CCCCCC[C@H](C(=O)O)[C@H](O)CC[C@]1(O)CCC2(CCCC2)[C@@H]1Cc1ccc(-c2cccc(O)c2)[nH]1. The Labute approximate surface area is 276 Å². The molecule has 6 N–H and O–H groups in total. The minimum atomic E-state index is -0.986. The number of carboxylic acids is 1. The first-order chi connectivity index (χ1) is 22.2. The van der Waals surface area contributed by atoms with Gasteiger partial charge >= 0.3 is 5.97 Å².